The molecule has 1 aliphatic carbocycles. The van der Waals surface area contributed by atoms with Crippen molar-refractivity contribution < 1.29 is 4.74 Å². The average Bonchev–Trinajstić information content (AvgIpc) is 3.22. The smallest absolute Gasteiger partial charge is 0.0951 e. The lowest BCUT2D eigenvalue weighted by atomic mass is 10.1. The normalized spacial score (nSPS) is 14.4. The number of para-hydroxylation sites is 1. The summed E-state index contributed by atoms with van der Waals surface area (Å²) >= 11 is 0. The minimum Gasteiger partial charge on any atom is -0.384 e. The van der Waals surface area contributed by atoms with Gasteiger partial charge in [0.15, 0.2) is 0 Å². The Bertz CT molecular complexity index is 560. The van der Waals surface area contributed by atoms with Crippen molar-refractivity contribution in [3.63, 3.8) is 0 Å². The molecule has 0 atom stereocenters. The van der Waals surface area contributed by atoms with Crippen LogP contribution in [0.2, 0.25) is 0 Å². The van der Waals surface area contributed by atoms with Crippen LogP contribution < -0.4 is 5.32 Å². The first-order valence-electron chi connectivity index (χ1n) is 7.20. The number of hydrogen-bond acceptors (Lipinski definition) is 3. The van der Waals surface area contributed by atoms with Crippen LogP contribution in [0.3, 0.4) is 0 Å². The molecule has 2 aromatic rings. The van der Waals surface area contributed by atoms with E-state index >= 15 is 0 Å². The molecule has 1 heterocycles. The van der Waals surface area contributed by atoms with Crippen LogP contribution in [-0.4, -0.2) is 23.3 Å². The summed E-state index contributed by atoms with van der Waals surface area (Å²) in [6.45, 7) is 1.57. The predicted octanol–water partition coefficient (Wildman–Crippen LogP) is 3.02. The Morgan fingerprint density at radius 3 is 3.00 bits per heavy atom. The molecule has 3 rings (SSSR count). The molecular weight excluding hydrogens is 250 g/mol. The Kier molecular flexibility index (Phi) is 4.02. The Labute approximate surface area is 119 Å². The number of imidazole rings is 1. The summed E-state index contributed by atoms with van der Waals surface area (Å²) in [6, 6.07) is 9.10. The molecule has 0 unspecified atom stereocenters. The maximum Gasteiger partial charge on any atom is 0.0951 e. The minimum absolute atomic E-state index is 0.679. The molecule has 0 spiro atoms. The monoisotopic (exact) mass is 271 g/mol. The number of nitrogens with one attached hydrogen (secondary N) is 1. The number of aromatic nitrogens is 2. The zero-order chi connectivity index (χ0) is 13.8. The summed E-state index contributed by atoms with van der Waals surface area (Å²) in [7, 11) is 1.74. The van der Waals surface area contributed by atoms with Gasteiger partial charge >= 0.3 is 0 Å². The summed E-state index contributed by atoms with van der Waals surface area (Å²) in [5.74, 6) is 0. The summed E-state index contributed by atoms with van der Waals surface area (Å²) in [4.78, 5) is 4.27. The highest BCUT2D eigenvalue weighted by Crippen LogP contribution is 2.35. The first kappa shape index (κ1) is 13.2. The van der Waals surface area contributed by atoms with Gasteiger partial charge in [-0.1, -0.05) is 18.2 Å². The molecule has 1 N–H and O–H groups in total. The SMILES string of the molecule is COCCc1ccccc1NCc1cncn1C1CC1. The van der Waals surface area contributed by atoms with Gasteiger partial charge in [0.05, 0.1) is 25.2 Å². The van der Waals surface area contributed by atoms with E-state index in [2.05, 4.69) is 39.1 Å². The van der Waals surface area contributed by atoms with Crippen molar-refractivity contribution in [2.24, 2.45) is 0 Å². The number of ether oxygens (including phenoxy) is 1. The second-order valence-corrected chi connectivity index (χ2v) is 5.28. The number of nitrogens with zero attached hydrogens (tertiary/aromatic N) is 2. The molecular formula is C16H21N3O. The van der Waals surface area contributed by atoms with Crippen LogP contribution >= 0.6 is 0 Å². The highest BCUT2D eigenvalue weighted by Gasteiger charge is 2.24. The lowest BCUT2D eigenvalue weighted by Gasteiger charge is -2.13. The fraction of sp³-hybridized carbons (Fsp3) is 0.438. The summed E-state index contributed by atoms with van der Waals surface area (Å²) in [5.41, 5.74) is 3.74. The van der Waals surface area contributed by atoms with Gasteiger partial charge in [-0.2, -0.15) is 0 Å². The topological polar surface area (TPSA) is 39.1 Å². The molecule has 1 aromatic carbocycles. The number of hydrogen-bond donors (Lipinski definition) is 1. The van der Waals surface area contributed by atoms with Gasteiger partial charge in [0.2, 0.25) is 0 Å². The molecule has 0 amide bonds. The zero-order valence-electron chi connectivity index (χ0n) is 11.9. The van der Waals surface area contributed by atoms with Gasteiger partial charge in [-0.15, -0.1) is 0 Å². The van der Waals surface area contributed by atoms with Crippen LogP contribution in [0.5, 0.6) is 0 Å². The van der Waals surface area contributed by atoms with Crippen LogP contribution in [0, 0.1) is 0 Å². The molecule has 20 heavy (non-hydrogen) atoms. The Morgan fingerprint density at radius 2 is 2.20 bits per heavy atom. The van der Waals surface area contributed by atoms with E-state index in [0.717, 1.165) is 19.6 Å². The van der Waals surface area contributed by atoms with Crippen molar-refractivity contribution in [2.45, 2.75) is 31.8 Å². The molecule has 1 aliphatic rings. The van der Waals surface area contributed by atoms with Crippen molar-refractivity contribution >= 4 is 5.69 Å². The second-order valence-electron chi connectivity index (χ2n) is 5.28. The second kappa shape index (κ2) is 6.09. The molecule has 0 bridgehead atoms. The largest absolute Gasteiger partial charge is 0.384 e. The molecule has 1 fully saturated rings. The number of methoxy groups -OCH3 is 1. The van der Waals surface area contributed by atoms with E-state index < -0.39 is 0 Å². The lowest BCUT2D eigenvalue weighted by molar-refractivity contribution is 0.202. The van der Waals surface area contributed by atoms with Crippen LogP contribution in [0.1, 0.15) is 30.1 Å². The molecule has 0 aliphatic heterocycles. The third-order valence-electron chi connectivity index (χ3n) is 3.74. The predicted molar refractivity (Wildman–Crippen MR) is 79.8 cm³/mol. The van der Waals surface area contributed by atoms with E-state index in [1.54, 1.807) is 7.11 Å². The van der Waals surface area contributed by atoms with Gasteiger partial charge in [-0.05, 0) is 30.9 Å². The van der Waals surface area contributed by atoms with Gasteiger partial charge in [0.25, 0.3) is 0 Å². The van der Waals surface area contributed by atoms with E-state index in [1.165, 1.54) is 29.8 Å². The first-order valence-corrected chi connectivity index (χ1v) is 7.20. The fourth-order valence-corrected chi connectivity index (χ4v) is 2.46. The molecule has 1 aromatic heterocycles. The van der Waals surface area contributed by atoms with Crippen LogP contribution in [-0.2, 0) is 17.7 Å². The van der Waals surface area contributed by atoms with Gasteiger partial charge in [-0.3, -0.25) is 0 Å². The van der Waals surface area contributed by atoms with Crippen LogP contribution in [0.25, 0.3) is 0 Å². The standard InChI is InChI=1S/C16H21N3O/c1-20-9-8-13-4-2-3-5-16(13)18-11-15-10-17-12-19(15)14-6-7-14/h2-5,10,12,14,18H,6-9,11H2,1H3. The van der Waals surface area contributed by atoms with E-state index in [-0.39, 0.29) is 0 Å². The zero-order valence-corrected chi connectivity index (χ0v) is 11.9. The van der Waals surface area contributed by atoms with E-state index in [1.807, 2.05) is 12.5 Å². The maximum atomic E-state index is 5.17. The highest BCUT2D eigenvalue weighted by atomic mass is 16.5. The quantitative estimate of drug-likeness (QED) is 0.841. The summed E-state index contributed by atoms with van der Waals surface area (Å²) < 4.78 is 7.46. The van der Waals surface area contributed by atoms with Crippen molar-refractivity contribution in [1.29, 1.82) is 0 Å². The molecule has 4 heteroatoms. The Balaban J connectivity index is 1.66. The Hall–Kier alpha value is -1.81. The number of benzene rings is 1. The Morgan fingerprint density at radius 1 is 1.35 bits per heavy atom. The van der Waals surface area contributed by atoms with E-state index in [4.69, 9.17) is 4.74 Å². The third-order valence-corrected chi connectivity index (χ3v) is 3.74. The molecule has 0 saturated heterocycles. The molecule has 4 nitrogen and oxygen atoms in total. The van der Waals surface area contributed by atoms with E-state index in [9.17, 15) is 0 Å². The van der Waals surface area contributed by atoms with Gasteiger partial charge in [0, 0.05) is 25.0 Å². The molecule has 106 valence electrons. The van der Waals surface area contributed by atoms with Gasteiger partial charge in [0.1, 0.15) is 0 Å². The third kappa shape index (κ3) is 3.02. The van der Waals surface area contributed by atoms with Gasteiger partial charge in [-0.25, -0.2) is 4.98 Å². The molecule has 1 saturated carbocycles. The fourth-order valence-electron chi connectivity index (χ4n) is 2.46. The van der Waals surface area contributed by atoms with E-state index in [0.29, 0.717) is 6.04 Å². The summed E-state index contributed by atoms with van der Waals surface area (Å²) in [6.07, 6.45) is 7.41. The highest BCUT2D eigenvalue weighted by molar-refractivity contribution is 5.51. The average molecular weight is 271 g/mol. The van der Waals surface area contributed by atoms with Crippen LogP contribution in [0.4, 0.5) is 5.69 Å². The first-order chi connectivity index (χ1) is 9.88. The summed E-state index contributed by atoms with van der Waals surface area (Å²) in [5, 5.41) is 3.53. The van der Waals surface area contributed by atoms with Crippen molar-refractivity contribution in [1.82, 2.24) is 9.55 Å². The number of rotatable bonds is 7. The molecule has 0 radical (unpaired) electrons. The lowest BCUT2D eigenvalue weighted by Crippen LogP contribution is -2.08. The van der Waals surface area contributed by atoms with Crippen molar-refractivity contribution in [3.8, 4) is 0 Å². The minimum atomic E-state index is 0.679. The van der Waals surface area contributed by atoms with Crippen molar-refractivity contribution in [3.05, 3.63) is 48.0 Å². The van der Waals surface area contributed by atoms with Crippen LogP contribution in [0.15, 0.2) is 36.8 Å². The number of anilines is 1. The maximum absolute atomic E-state index is 5.17. The van der Waals surface area contributed by atoms with Gasteiger partial charge < -0.3 is 14.6 Å². The van der Waals surface area contributed by atoms with Crippen molar-refractivity contribution in [2.75, 3.05) is 19.0 Å².